The zero-order chi connectivity index (χ0) is 19.7. The van der Waals surface area contributed by atoms with Crippen LogP contribution in [0.1, 0.15) is 30.3 Å². The number of benzene rings is 2. The Morgan fingerprint density at radius 3 is 2.86 bits per heavy atom. The van der Waals surface area contributed by atoms with Gasteiger partial charge in [0.15, 0.2) is 0 Å². The minimum atomic E-state index is -0.830. The first-order valence-corrected chi connectivity index (χ1v) is 8.95. The molecular weight excluding hydrogens is 366 g/mol. The quantitative estimate of drug-likeness (QED) is 0.711. The van der Waals surface area contributed by atoms with Crippen molar-refractivity contribution < 1.29 is 18.1 Å². The molecule has 1 aliphatic rings. The number of carbonyl (C=O) groups is 1. The Labute approximate surface area is 160 Å². The molecule has 28 heavy (non-hydrogen) atoms. The Morgan fingerprint density at radius 1 is 1.25 bits per heavy atom. The number of aryl methyl sites for hydroxylation is 1. The molecule has 1 fully saturated rings. The summed E-state index contributed by atoms with van der Waals surface area (Å²) in [5.74, 6) is -0.733. The fourth-order valence-electron chi connectivity index (χ4n) is 3.35. The molecule has 3 aromatic rings. The molecule has 0 bridgehead atoms. The van der Waals surface area contributed by atoms with Crippen molar-refractivity contribution in [2.24, 2.45) is 0 Å². The maximum Gasteiger partial charge on any atom is 0.322 e. The number of nitrogens with zero attached hydrogens (tertiary/aromatic N) is 3. The van der Waals surface area contributed by atoms with E-state index in [4.69, 9.17) is 4.52 Å². The van der Waals surface area contributed by atoms with Crippen molar-refractivity contribution in [3.8, 4) is 11.4 Å². The van der Waals surface area contributed by atoms with Gasteiger partial charge in [0, 0.05) is 18.2 Å². The lowest BCUT2D eigenvalue weighted by Gasteiger charge is -2.22. The van der Waals surface area contributed by atoms with Gasteiger partial charge in [0.05, 0.1) is 5.69 Å². The average Bonchev–Trinajstić information content (AvgIpc) is 3.33. The van der Waals surface area contributed by atoms with E-state index in [0.717, 1.165) is 29.7 Å². The molecule has 0 saturated carbocycles. The van der Waals surface area contributed by atoms with Crippen molar-refractivity contribution in [2.45, 2.75) is 25.8 Å². The first-order chi connectivity index (χ1) is 13.5. The number of carbonyl (C=O) groups excluding carboxylic acids is 1. The molecule has 1 N–H and O–H groups in total. The van der Waals surface area contributed by atoms with E-state index in [9.17, 15) is 13.6 Å². The lowest BCUT2D eigenvalue weighted by atomic mass is 10.1. The number of amides is 2. The van der Waals surface area contributed by atoms with E-state index in [1.54, 1.807) is 0 Å². The summed E-state index contributed by atoms with van der Waals surface area (Å²) in [7, 11) is 0. The van der Waals surface area contributed by atoms with Crippen LogP contribution in [-0.4, -0.2) is 27.6 Å². The highest BCUT2D eigenvalue weighted by Crippen LogP contribution is 2.33. The number of rotatable bonds is 3. The third-order valence-electron chi connectivity index (χ3n) is 4.80. The van der Waals surface area contributed by atoms with E-state index in [-0.39, 0.29) is 5.69 Å². The molecule has 2 aromatic carbocycles. The molecular formula is C20H18F2N4O2. The Morgan fingerprint density at radius 2 is 2.07 bits per heavy atom. The van der Waals surface area contributed by atoms with Crippen LogP contribution in [0.4, 0.5) is 19.3 Å². The van der Waals surface area contributed by atoms with Crippen molar-refractivity contribution in [1.29, 1.82) is 0 Å². The van der Waals surface area contributed by atoms with E-state index < -0.39 is 23.7 Å². The molecule has 0 radical (unpaired) electrons. The molecule has 1 saturated heterocycles. The minimum absolute atomic E-state index is 0.0804. The largest absolute Gasteiger partial charge is 0.337 e. The normalized spacial score (nSPS) is 16.4. The second-order valence-electron chi connectivity index (χ2n) is 6.68. The molecule has 0 aliphatic carbocycles. The van der Waals surface area contributed by atoms with Crippen molar-refractivity contribution >= 4 is 11.7 Å². The van der Waals surface area contributed by atoms with E-state index in [2.05, 4.69) is 15.5 Å². The maximum absolute atomic E-state index is 13.8. The van der Waals surface area contributed by atoms with E-state index in [1.165, 1.54) is 11.0 Å². The maximum atomic E-state index is 13.8. The lowest BCUT2D eigenvalue weighted by molar-refractivity contribution is 0.193. The van der Waals surface area contributed by atoms with Crippen LogP contribution >= 0.6 is 0 Å². The number of urea groups is 1. The predicted octanol–water partition coefficient (Wildman–Crippen LogP) is 4.69. The summed E-state index contributed by atoms with van der Waals surface area (Å²) in [6.07, 6.45) is 1.42. The van der Waals surface area contributed by atoms with E-state index in [1.807, 2.05) is 31.2 Å². The summed E-state index contributed by atoms with van der Waals surface area (Å²) in [4.78, 5) is 18.6. The highest BCUT2D eigenvalue weighted by atomic mass is 19.1. The van der Waals surface area contributed by atoms with Gasteiger partial charge >= 0.3 is 6.03 Å². The van der Waals surface area contributed by atoms with Gasteiger partial charge in [-0.2, -0.15) is 4.98 Å². The zero-order valence-electron chi connectivity index (χ0n) is 15.2. The summed E-state index contributed by atoms with van der Waals surface area (Å²) in [5.41, 5.74) is 1.80. The Balaban J connectivity index is 1.54. The van der Waals surface area contributed by atoms with Crippen LogP contribution in [-0.2, 0) is 0 Å². The molecule has 4 rings (SSSR count). The smallest absolute Gasteiger partial charge is 0.322 e. The topological polar surface area (TPSA) is 71.3 Å². The van der Waals surface area contributed by atoms with Crippen LogP contribution in [0.3, 0.4) is 0 Å². The van der Waals surface area contributed by atoms with Crippen LogP contribution in [0.5, 0.6) is 0 Å². The van der Waals surface area contributed by atoms with Gasteiger partial charge in [0.2, 0.25) is 11.7 Å². The van der Waals surface area contributed by atoms with E-state index >= 15 is 0 Å². The highest BCUT2D eigenvalue weighted by molar-refractivity contribution is 5.89. The fourth-order valence-corrected chi connectivity index (χ4v) is 3.35. The Kier molecular flexibility index (Phi) is 4.77. The monoisotopic (exact) mass is 384 g/mol. The molecule has 8 heteroatoms. The molecule has 1 aromatic heterocycles. The molecule has 0 spiro atoms. The number of aromatic nitrogens is 2. The van der Waals surface area contributed by atoms with Gasteiger partial charge in [0.1, 0.15) is 17.7 Å². The van der Waals surface area contributed by atoms with Gasteiger partial charge < -0.3 is 14.7 Å². The summed E-state index contributed by atoms with van der Waals surface area (Å²) in [5, 5.41) is 6.53. The molecule has 0 unspecified atom stereocenters. The average molecular weight is 384 g/mol. The predicted molar refractivity (Wildman–Crippen MR) is 98.5 cm³/mol. The zero-order valence-corrected chi connectivity index (χ0v) is 15.2. The van der Waals surface area contributed by atoms with Crippen molar-refractivity contribution in [2.75, 3.05) is 11.9 Å². The Hall–Kier alpha value is -3.29. The molecule has 6 nitrogen and oxygen atoms in total. The van der Waals surface area contributed by atoms with Crippen molar-refractivity contribution in [1.82, 2.24) is 15.0 Å². The standard InChI is InChI=1S/C20H18F2N4O2/c1-12-5-2-3-6-14(12)18-24-19(28-25-18)17-7-4-10-26(17)20(27)23-16-9-8-13(21)11-15(16)22/h2-3,5-6,8-9,11,17H,4,7,10H2,1H3,(H,23,27)/t17-/m1/s1. The highest BCUT2D eigenvalue weighted by Gasteiger charge is 2.34. The van der Waals surface area contributed by atoms with Gasteiger partial charge in [-0.15, -0.1) is 0 Å². The second-order valence-corrected chi connectivity index (χ2v) is 6.68. The molecule has 2 amide bonds. The first kappa shape index (κ1) is 18.1. The Bertz CT molecular complexity index is 1020. The van der Waals surface area contributed by atoms with Crippen LogP contribution in [0, 0.1) is 18.6 Å². The summed E-state index contributed by atoms with van der Waals surface area (Å²) < 4.78 is 32.3. The third-order valence-corrected chi connectivity index (χ3v) is 4.80. The van der Waals surface area contributed by atoms with Crippen LogP contribution < -0.4 is 5.32 Å². The molecule has 2 heterocycles. The molecule has 1 atom stereocenters. The lowest BCUT2D eigenvalue weighted by Crippen LogP contribution is -2.34. The van der Waals surface area contributed by atoms with Gasteiger partial charge in [-0.3, -0.25) is 0 Å². The number of hydrogen-bond acceptors (Lipinski definition) is 4. The number of likely N-dealkylation sites (tertiary alicyclic amines) is 1. The minimum Gasteiger partial charge on any atom is -0.337 e. The SMILES string of the molecule is Cc1ccccc1-c1noc([C@H]2CCCN2C(=O)Nc2ccc(F)cc2F)n1. The van der Waals surface area contributed by atoms with Gasteiger partial charge in [-0.05, 0) is 37.5 Å². The summed E-state index contributed by atoms with van der Waals surface area (Å²) in [6.45, 7) is 2.43. The second kappa shape index (κ2) is 7.38. The van der Waals surface area contributed by atoms with Crippen LogP contribution in [0.15, 0.2) is 47.0 Å². The summed E-state index contributed by atoms with van der Waals surface area (Å²) >= 11 is 0. The van der Waals surface area contributed by atoms with Crippen LogP contribution in [0.25, 0.3) is 11.4 Å². The van der Waals surface area contributed by atoms with E-state index in [0.29, 0.717) is 24.7 Å². The fraction of sp³-hybridized carbons (Fsp3) is 0.250. The number of hydrogen-bond donors (Lipinski definition) is 1. The van der Waals surface area contributed by atoms with Crippen molar-refractivity contribution in [3.05, 3.63) is 65.6 Å². The van der Waals surface area contributed by atoms with Gasteiger partial charge in [0.25, 0.3) is 0 Å². The third kappa shape index (κ3) is 3.45. The molecule has 1 aliphatic heterocycles. The van der Waals surface area contributed by atoms with Gasteiger partial charge in [-0.1, -0.05) is 29.4 Å². The van der Waals surface area contributed by atoms with Gasteiger partial charge in [-0.25, -0.2) is 13.6 Å². The number of nitrogens with one attached hydrogen (secondary N) is 1. The first-order valence-electron chi connectivity index (χ1n) is 8.95. The number of halogens is 2. The van der Waals surface area contributed by atoms with Crippen LogP contribution in [0.2, 0.25) is 0 Å². The molecule has 144 valence electrons. The number of anilines is 1. The van der Waals surface area contributed by atoms with Crippen molar-refractivity contribution in [3.63, 3.8) is 0 Å². The summed E-state index contributed by atoms with van der Waals surface area (Å²) in [6, 6.07) is 9.80.